The van der Waals surface area contributed by atoms with Crippen LogP contribution in [-0.4, -0.2) is 15.6 Å². The first-order valence-corrected chi connectivity index (χ1v) is 4.63. The van der Waals surface area contributed by atoms with Crippen molar-refractivity contribution >= 4 is 5.84 Å². The van der Waals surface area contributed by atoms with Crippen molar-refractivity contribution in [3.63, 3.8) is 0 Å². The van der Waals surface area contributed by atoms with Gasteiger partial charge in [-0.15, -0.1) is 0 Å². The molecule has 0 bridgehead atoms. The minimum Gasteiger partial charge on any atom is -0.384 e. The lowest BCUT2D eigenvalue weighted by Crippen LogP contribution is -2.15. The van der Waals surface area contributed by atoms with Gasteiger partial charge in [-0.3, -0.25) is 5.41 Å². The van der Waals surface area contributed by atoms with Crippen LogP contribution in [0.25, 0.3) is 5.69 Å². The van der Waals surface area contributed by atoms with Gasteiger partial charge in [-0.2, -0.15) is 5.10 Å². The van der Waals surface area contributed by atoms with Crippen molar-refractivity contribution in [2.24, 2.45) is 5.73 Å². The second-order valence-corrected chi connectivity index (χ2v) is 3.38. The second-order valence-electron chi connectivity index (χ2n) is 3.38. The number of aryl methyl sites for hydroxylation is 1. The first-order valence-electron chi connectivity index (χ1n) is 4.63. The van der Waals surface area contributed by atoms with Gasteiger partial charge in [0, 0.05) is 18.0 Å². The molecule has 3 N–H and O–H groups in total. The Morgan fingerprint density at radius 1 is 1.47 bits per heavy atom. The third kappa shape index (κ3) is 1.74. The Labute approximate surface area is 87.9 Å². The van der Waals surface area contributed by atoms with Crippen molar-refractivity contribution in [2.75, 3.05) is 0 Å². The highest BCUT2D eigenvalue weighted by Crippen LogP contribution is 2.15. The Hall–Kier alpha value is -2.10. The van der Waals surface area contributed by atoms with E-state index in [0.717, 1.165) is 11.3 Å². The number of rotatable bonds is 2. The zero-order chi connectivity index (χ0) is 10.8. The molecular weight excluding hydrogens is 188 g/mol. The topological polar surface area (TPSA) is 67.7 Å². The SMILES string of the molecule is Cc1ccc(C(=N)N)c(-n2cccn2)c1. The smallest absolute Gasteiger partial charge is 0.124 e. The number of hydrogen-bond donors (Lipinski definition) is 2. The molecule has 2 rings (SSSR count). The number of benzene rings is 1. The average molecular weight is 200 g/mol. The van der Waals surface area contributed by atoms with E-state index in [4.69, 9.17) is 11.1 Å². The first kappa shape index (κ1) is 9.45. The Kier molecular flexibility index (Phi) is 2.25. The third-order valence-electron chi connectivity index (χ3n) is 2.19. The maximum absolute atomic E-state index is 7.49. The molecule has 0 atom stereocenters. The molecule has 4 nitrogen and oxygen atoms in total. The summed E-state index contributed by atoms with van der Waals surface area (Å²) in [6.07, 6.45) is 3.54. The molecule has 0 aliphatic carbocycles. The van der Waals surface area contributed by atoms with Gasteiger partial charge < -0.3 is 5.73 Å². The summed E-state index contributed by atoms with van der Waals surface area (Å²) in [4.78, 5) is 0. The van der Waals surface area contributed by atoms with Gasteiger partial charge in [0.25, 0.3) is 0 Å². The predicted molar refractivity (Wildman–Crippen MR) is 59.3 cm³/mol. The lowest BCUT2D eigenvalue weighted by Gasteiger charge is -2.08. The van der Waals surface area contributed by atoms with Gasteiger partial charge >= 0.3 is 0 Å². The molecule has 0 saturated carbocycles. The maximum atomic E-state index is 7.49. The van der Waals surface area contributed by atoms with Crippen molar-refractivity contribution in [1.82, 2.24) is 9.78 Å². The van der Waals surface area contributed by atoms with E-state index in [9.17, 15) is 0 Å². The number of hydrogen-bond acceptors (Lipinski definition) is 2. The number of nitrogens with two attached hydrogens (primary N) is 1. The first-order chi connectivity index (χ1) is 7.18. The quantitative estimate of drug-likeness (QED) is 0.569. The van der Waals surface area contributed by atoms with E-state index < -0.39 is 0 Å². The van der Waals surface area contributed by atoms with Crippen molar-refractivity contribution < 1.29 is 0 Å². The third-order valence-corrected chi connectivity index (χ3v) is 2.19. The zero-order valence-electron chi connectivity index (χ0n) is 8.44. The van der Waals surface area contributed by atoms with Crippen molar-refractivity contribution in [3.05, 3.63) is 47.8 Å². The molecule has 0 aliphatic heterocycles. The second kappa shape index (κ2) is 3.57. The summed E-state index contributed by atoms with van der Waals surface area (Å²) < 4.78 is 1.71. The monoisotopic (exact) mass is 200 g/mol. The van der Waals surface area contributed by atoms with Crippen LogP contribution in [0.5, 0.6) is 0 Å². The lowest BCUT2D eigenvalue weighted by atomic mass is 10.1. The molecular formula is C11H12N4. The number of amidine groups is 1. The Morgan fingerprint density at radius 3 is 2.87 bits per heavy atom. The van der Waals surface area contributed by atoms with Gasteiger partial charge in [0.05, 0.1) is 5.69 Å². The summed E-state index contributed by atoms with van der Waals surface area (Å²) >= 11 is 0. The fraction of sp³-hybridized carbons (Fsp3) is 0.0909. The zero-order valence-corrected chi connectivity index (χ0v) is 8.44. The van der Waals surface area contributed by atoms with Gasteiger partial charge in [0.15, 0.2) is 0 Å². The molecule has 0 aliphatic rings. The van der Waals surface area contributed by atoms with E-state index in [-0.39, 0.29) is 5.84 Å². The molecule has 1 heterocycles. The molecule has 2 aromatic rings. The fourth-order valence-corrected chi connectivity index (χ4v) is 1.47. The summed E-state index contributed by atoms with van der Waals surface area (Å²) in [6.45, 7) is 2.00. The van der Waals surface area contributed by atoms with Crippen LogP contribution in [0.4, 0.5) is 0 Å². The molecule has 15 heavy (non-hydrogen) atoms. The van der Waals surface area contributed by atoms with E-state index in [1.165, 1.54) is 0 Å². The Morgan fingerprint density at radius 2 is 2.27 bits per heavy atom. The number of aromatic nitrogens is 2. The summed E-state index contributed by atoms with van der Waals surface area (Å²) in [5.74, 6) is 0.0560. The van der Waals surface area contributed by atoms with Gasteiger partial charge in [-0.1, -0.05) is 6.07 Å². The minimum absolute atomic E-state index is 0.0560. The molecule has 0 amide bonds. The van der Waals surface area contributed by atoms with E-state index in [0.29, 0.717) is 5.56 Å². The molecule has 0 fully saturated rings. The summed E-state index contributed by atoms with van der Waals surface area (Å²) in [6, 6.07) is 7.58. The van der Waals surface area contributed by atoms with Crippen LogP contribution >= 0.6 is 0 Å². The highest BCUT2D eigenvalue weighted by atomic mass is 15.3. The molecule has 0 spiro atoms. The Balaban J connectivity index is 2.63. The standard InChI is InChI=1S/C11H12N4/c1-8-3-4-9(11(12)13)10(7-8)15-6-2-5-14-15/h2-7H,1H3,(H3,12,13). The van der Waals surface area contributed by atoms with E-state index in [1.54, 1.807) is 10.9 Å². The minimum atomic E-state index is 0.0560. The molecule has 0 saturated heterocycles. The highest BCUT2D eigenvalue weighted by Gasteiger charge is 2.07. The average Bonchev–Trinajstić information content (AvgIpc) is 2.69. The van der Waals surface area contributed by atoms with Crippen LogP contribution in [0.1, 0.15) is 11.1 Å². The van der Waals surface area contributed by atoms with Crippen molar-refractivity contribution in [3.8, 4) is 5.69 Å². The van der Waals surface area contributed by atoms with E-state index in [1.807, 2.05) is 37.4 Å². The molecule has 1 aromatic heterocycles. The maximum Gasteiger partial charge on any atom is 0.124 e. The number of nitrogen functional groups attached to an aromatic ring is 1. The summed E-state index contributed by atoms with van der Waals surface area (Å²) in [7, 11) is 0. The fourth-order valence-electron chi connectivity index (χ4n) is 1.47. The van der Waals surface area contributed by atoms with Crippen LogP contribution in [-0.2, 0) is 0 Å². The molecule has 4 heteroatoms. The summed E-state index contributed by atoms with van der Waals surface area (Å²) in [5, 5.41) is 11.6. The predicted octanol–water partition coefficient (Wildman–Crippen LogP) is 1.46. The van der Waals surface area contributed by atoms with Gasteiger partial charge in [0.2, 0.25) is 0 Å². The highest BCUT2D eigenvalue weighted by molar-refractivity contribution is 5.98. The van der Waals surface area contributed by atoms with Crippen LogP contribution in [0.15, 0.2) is 36.7 Å². The van der Waals surface area contributed by atoms with E-state index in [2.05, 4.69) is 5.10 Å². The van der Waals surface area contributed by atoms with Crippen LogP contribution in [0.2, 0.25) is 0 Å². The largest absolute Gasteiger partial charge is 0.384 e. The Bertz CT molecular complexity index is 485. The van der Waals surface area contributed by atoms with Gasteiger partial charge in [-0.05, 0) is 30.7 Å². The van der Waals surface area contributed by atoms with Crippen molar-refractivity contribution in [1.29, 1.82) is 5.41 Å². The molecule has 0 unspecified atom stereocenters. The van der Waals surface area contributed by atoms with Crippen LogP contribution in [0, 0.1) is 12.3 Å². The molecule has 0 radical (unpaired) electrons. The number of nitrogens with zero attached hydrogens (tertiary/aromatic N) is 2. The van der Waals surface area contributed by atoms with Crippen molar-refractivity contribution in [2.45, 2.75) is 6.92 Å². The van der Waals surface area contributed by atoms with Gasteiger partial charge in [0.1, 0.15) is 5.84 Å². The normalized spacial score (nSPS) is 10.2. The lowest BCUT2D eigenvalue weighted by molar-refractivity contribution is 0.876. The summed E-state index contributed by atoms with van der Waals surface area (Å²) in [5.41, 5.74) is 8.17. The van der Waals surface area contributed by atoms with Crippen LogP contribution < -0.4 is 5.73 Å². The van der Waals surface area contributed by atoms with Crippen LogP contribution in [0.3, 0.4) is 0 Å². The van der Waals surface area contributed by atoms with E-state index >= 15 is 0 Å². The number of nitrogens with one attached hydrogen (secondary N) is 1. The molecule has 1 aromatic carbocycles. The van der Waals surface area contributed by atoms with Gasteiger partial charge in [-0.25, -0.2) is 4.68 Å². The molecule has 76 valence electrons.